The number of carbonyl (C=O) groups excluding carboxylic acids is 1. The number of cyclic esters (lactones) is 1. The predicted octanol–water partition coefficient (Wildman–Crippen LogP) is 5.90. The van der Waals surface area contributed by atoms with Gasteiger partial charge in [0.25, 0.3) is 0 Å². The summed E-state index contributed by atoms with van der Waals surface area (Å²) in [7, 11) is 0. The molecule has 0 spiro atoms. The van der Waals surface area contributed by atoms with Crippen LogP contribution in [0, 0.1) is 35.4 Å². The van der Waals surface area contributed by atoms with Crippen molar-refractivity contribution in [3.63, 3.8) is 0 Å². The summed E-state index contributed by atoms with van der Waals surface area (Å²) in [5, 5.41) is 0. The van der Waals surface area contributed by atoms with E-state index in [-0.39, 0.29) is 29.7 Å². The molecule has 0 bridgehead atoms. The van der Waals surface area contributed by atoms with Crippen LogP contribution in [0.1, 0.15) is 44.7 Å². The third kappa shape index (κ3) is 3.57. The Morgan fingerprint density at radius 3 is 2.60 bits per heavy atom. The Hall–Kier alpha value is -2.49. The molecule has 0 amide bonds. The van der Waals surface area contributed by atoms with Crippen LogP contribution >= 0.6 is 0 Å². The number of rotatable bonds is 3. The third-order valence-corrected chi connectivity index (χ3v) is 7.53. The van der Waals surface area contributed by atoms with E-state index in [0.29, 0.717) is 17.8 Å². The third-order valence-electron chi connectivity index (χ3n) is 7.53. The van der Waals surface area contributed by atoms with Crippen molar-refractivity contribution in [1.82, 2.24) is 4.98 Å². The average Bonchev–Trinajstić information content (AvgIpc) is 3.05. The molecule has 156 valence electrons. The first-order valence-corrected chi connectivity index (χ1v) is 11.2. The van der Waals surface area contributed by atoms with Crippen LogP contribution < -0.4 is 0 Å². The monoisotopic (exact) mass is 405 g/mol. The van der Waals surface area contributed by atoms with Gasteiger partial charge in [-0.05, 0) is 67.4 Å². The molecule has 5 rings (SSSR count). The molecule has 0 unspecified atom stereocenters. The number of esters is 1. The molecule has 2 heterocycles. The van der Waals surface area contributed by atoms with Gasteiger partial charge in [0.2, 0.25) is 0 Å². The summed E-state index contributed by atoms with van der Waals surface area (Å²) in [6.45, 7) is 2.06. The Bertz CT molecular complexity index is 937. The lowest BCUT2D eigenvalue weighted by molar-refractivity contribution is -0.144. The molecular formula is C26H28FNO2. The smallest absolute Gasteiger partial charge is 0.309 e. The molecule has 2 aliphatic carbocycles. The maximum atomic E-state index is 13.2. The number of benzene rings is 1. The Kier molecular flexibility index (Phi) is 5.18. The van der Waals surface area contributed by atoms with Crippen molar-refractivity contribution in [3.8, 4) is 11.1 Å². The summed E-state index contributed by atoms with van der Waals surface area (Å²) >= 11 is 0. The van der Waals surface area contributed by atoms with Crippen molar-refractivity contribution in [1.29, 1.82) is 0 Å². The molecule has 0 radical (unpaired) electrons. The lowest BCUT2D eigenvalue weighted by Crippen LogP contribution is -2.42. The Labute approximate surface area is 177 Å². The molecule has 0 N–H and O–H groups in total. The number of ether oxygens (including phenoxy) is 1. The van der Waals surface area contributed by atoms with Gasteiger partial charge in [0.15, 0.2) is 0 Å². The van der Waals surface area contributed by atoms with Gasteiger partial charge < -0.3 is 4.74 Å². The van der Waals surface area contributed by atoms with Crippen LogP contribution in [-0.2, 0) is 9.53 Å². The van der Waals surface area contributed by atoms with E-state index in [1.165, 1.54) is 37.8 Å². The minimum atomic E-state index is -0.235. The summed E-state index contributed by atoms with van der Waals surface area (Å²) in [5.41, 5.74) is 2.84. The van der Waals surface area contributed by atoms with E-state index in [9.17, 15) is 9.18 Å². The van der Waals surface area contributed by atoms with Crippen LogP contribution in [-0.4, -0.2) is 17.1 Å². The maximum absolute atomic E-state index is 13.2. The van der Waals surface area contributed by atoms with Crippen LogP contribution in [0.2, 0.25) is 0 Å². The minimum Gasteiger partial charge on any atom is -0.462 e. The van der Waals surface area contributed by atoms with Gasteiger partial charge in [-0.1, -0.05) is 43.5 Å². The van der Waals surface area contributed by atoms with E-state index in [2.05, 4.69) is 24.1 Å². The highest BCUT2D eigenvalue weighted by Crippen LogP contribution is 2.53. The van der Waals surface area contributed by atoms with Crippen molar-refractivity contribution in [2.75, 3.05) is 0 Å². The fraction of sp³-hybridized carbons (Fsp3) is 0.462. The van der Waals surface area contributed by atoms with Gasteiger partial charge in [-0.3, -0.25) is 9.78 Å². The van der Waals surface area contributed by atoms with Crippen LogP contribution in [0.25, 0.3) is 17.2 Å². The standard InChI is InChI=1S/C26H28FNO2/c1-16-25-23(22-5-3-2-4-18(22)14-24(25)26(29)30-16)13-12-21-11-8-19(15-28-21)17-6-9-20(27)10-7-17/h6-13,15-16,18,22-25H,2-5,14H2,1H3/b13-12+/t16-,18+,22-,23+,24-,25+/m1/s1. The SMILES string of the molecule is C[C@H]1OC(=O)[C@@H]2C[C@@H]3CCCC[C@H]3[C@H](/C=C/c3ccc(-c4ccc(F)cc4)cn3)[C@H]12. The van der Waals surface area contributed by atoms with Crippen LogP contribution in [0.5, 0.6) is 0 Å². The number of hydrogen-bond donors (Lipinski definition) is 0. The van der Waals surface area contributed by atoms with Gasteiger partial charge in [-0.25, -0.2) is 4.39 Å². The zero-order chi connectivity index (χ0) is 20.7. The number of aromatic nitrogens is 1. The minimum absolute atomic E-state index is 0.00571. The van der Waals surface area contributed by atoms with Crippen molar-refractivity contribution < 1.29 is 13.9 Å². The molecule has 1 aromatic carbocycles. The summed E-state index contributed by atoms with van der Waals surface area (Å²) in [6, 6.07) is 10.5. The van der Waals surface area contributed by atoms with E-state index in [4.69, 9.17) is 4.74 Å². The number of nitrogens with zero attached hydrogens (tertiary/aromatic N) is 1. The topological polar surface area (TPSA) is 39.2 Å². The molecule has 3 aliphatic rings. The predicted molar refractivity (Wildman–Crippen MR) is 115 cm³/mol. The Balaban J connectivity index is 1.38. The highest BCUT2D eigenvalue weighted by Gasteiger charge is 2.53. The average molecular weight is 406 g/mol. The molecule has 30 heavy (non-hydrogen) atoms. The number of fused-ring (bicyclic) bond motifs is 2. The van der Waals surface area contributed by atoms with Gasteiger partial charge in [0.1, 0.15) is 11.9 Å². The van der Waals surface area contributed by atoms with Crippen molar-refractivity contribution in [2.24, 2.45) is 29.6 Å². The van der Waals surface area contributed by atoms with Gasteiger partial charge in [-0.15, -0.1) is 0 Å². The van der Waals surface area contributed by atoms with Gasteiger partial charge in [0, 0.05) is 17.7 Å². The molecule has 3 nitrogen and oxygen atoms in total. The van der Waals surface area contributed by atoms with Crippen LogP contribution in [0.4, 0.5) is 4.39 Å². The highest BCUT2D eigenvalue weighted by molar-refractivity contribution is 5.75. The quantitative estimate of drug-likeness (QED) is 0.597. The lowest BCUT2D eigenvalue weighted by atomic mass is 9.57. The number of allylic oxidation sites excluding steroid dienone is 1. The van der Waals surface area contributed by atoms with Crippen molar-refractivity contribution >= 4 is 12.0 Å². The molecule has 1 aliphatic heterocycles. The number of halogens is 1. The molecule has 2 saturated carbocycles. The number of pyridine rings is 1. The molecule has 2 aromatic rings. The molecular weight excluding hydrogens is 377 g/mol. The Morgan fingerprint density at radius 2 is 1.83 bits per heavy atom. The van der Waals surface area contributed by atoms with Gasteiger partial charge >= 0.3 is 5.97 Å². The van der Waals surface area contributed by atoms with E-state index in [0.717, 1.165) is 23.2 Å². The summed E-state index contributed by atoms with van der Waals surface area (Å²) in [5.74, 6) is 1.77. The number of hydrogen-bond acceptors (Lipinski definition) is 3. The largest absolute Gasteiger partial charge is 0.462 e. The lowest BCUT2D eigenvalue weighted by Gasteiger charge is -2.45. The van der Waals surface area contributed by atoms with E-state index in [1.54, 1.807) is 12.1 Å². The number of carbonyl (C=O) groups is 1. The normalized spacial score (nSPS) is 33.2. The van der Waals surface area contributed by atoms with Crippen LogP contribution in [0.15, 0.2) is 48.7 Å². The Morgan fingerprint density at radius 1 is 1.07 bits per heavy atom. The van der Waals surface area contributed by atoms with Gasteiger partial charge in [0.05, 0.1) is 11.6 Å². The zero-order valence-electron chi connectivity index (χ0n) is 17.3. The van der Waals surface area contributed by atoms with E-state index in [1.807, 2.05) is 18.3 Å². The van der Waals surface area contributed by atoms with Gasteiger partial charge in [-0.2, -0.15) is 0 Å². The molecule has 6 atom stereocenters. The van der Waals surface area contributed by atoms with Crippen molar-refractivity contribution in [2.45, 2.75) is 45.1 Å². The van der Waals surface area contributed by atoms with Crippen molar-refractivity contribution in [3.05, 3.63) is 60.2 Å². The zero-order valence-corrected chi connectivity index (χ0v) is 17.3. The van der Waals surface area contributed by atoms with E-state index < -0.39 is 0 Å². The first-order chi connectivity index (χ1) is 14.6. The second-order valence-corrected chi connectivity index (χ2v) is 9.19. The molecule has 4 heteroatoms. The molecule has 3 fully saturated rings. The fourth-order valence-corrected chi connectivity index (χ4v) is 6.11. The summed E-state index contributed by atoms with van der Waals surface area (Å²) < 4.78 is 18.8. The second-order valence-electron chi connectivity index (χ2n) is 9.19. The van der Waals surface area contributed by atoms with Crippen LogP contribution in [0.3, 0.4) is 0 Å². The van der Waals surface area contributed by atoms with E-state index >= 15 is 0 Å². The summed E-state index contributed by atoms with van der Waals surface area (Å²) in [4.78, 5) is 17.0. The maximum Gasteiger partial charge on any atom is 0.309 e. The second kappa shape index (κ2) is 7.98. The first kappa shape index (κ1) is 19.5. The molecule has 1 saturated heterocycles. The molecule has 1 aromatic heterocycles. The fourth-order valence-electron chi connectivity index (χ4n) is 6.11. The summed E-state index contributed by atoms with van der Waals surface area (Å²) in [6.07, 6.45) is 12.3. The first-order valence-electron chi connectivity index (χ1n) is 11.2. The highest BCUT2D eigenvalue weighted by atomic mass is 19.1.